The van der Waals surface area contributed by atoms with Crippen LogP contribution in [0.25, 0.3) is 22.1 Å². The van der Waals surface area contributed by atoms with Crippen LogP contribution in [0.2, 0.25) is 0 Å². The third kappa shape index (κ3) is 12.9. The van der Waals surface area contributed by atoms with Crippen molar-refractivity contribution in [3.63, 3.8) is 0 Å². The summed E-state index contributed by atoms with van der Waals surface area (Å²) in [7, 11) is 0. The molecule has 2 aliphatic carbocycles. The zero-order valence-corrected chi connectivity index (χ0v) is 40.0. The van der Waals surface area contributed by atoms with E-state index in [2.05, 4.69) is 46.1 Å². The number of aromatic nitrogens is 5. The van der Waals surface area contributed by atoms with E-state index < -0.39 is 60.2 Å². The summed E-state index contributed by atoms with van der Waals surface area (Å²) in [5.41, 5.74) is 13.7. The predicted molar refractivity (Wildman–Crippen MR) is 262 cm³/mol. The molecule has 0 radical (unpaired) electrons. The molecule has 0 spiro atoms. The second-order valence-corrected chi connectivity index (χ2v) is 19.9. The molecule has 9 rings (SSSR count). The number of likely N-dealkylation sites (tertiary alicyclic amines) is 1. The highest BCUT2D eigenvalue weighted by molar-refractivity contribution is 5.99. The molecule has 2 saturated carbocycles. The number of imidazole rings is 1. The van der Waals surface area contributed by atoms with Crippen LogP contribution in [0.3, 0.4) is 0 Å². The van der Waals surface area contributed by atoms with Gasteiger partial charge in [-0.1, -0.05) is 73.9 Å². The Bertz CT molecular complexity index is 2620. The molecule has 8 atom stereocenters. The van der Waals surface area contributed by atoms with Crippen LogP contribution in [0.1, 0.15) is 94.4 Å². The van der Waals surface area contributed by atoms with E-state index in [-0.39, 0.29) is 43.3 Å². The van der Waals surface area contributed by atoms with Gasteiger partial charge >= 0.3 is 0 Å². The van der Waals surface area contributed by atoms with Crippen LogP contribution in [0.5, 0.6) is 0 Å². The van der Waals surface area contributed by atoms with Gasteiger partial charge in [-0.15, -0.1) is 0 Å². The third-order valence-electron chi connectivity index (χ3n) is 13.2. The summed E-state index contributed by atoms with van der Waals surface area (Å²) in [4.78, 5) is 72.1. The molecular weight excluding hydrogens is 897 g/mol. The summed E-state index contributed by atoms with van der Waals surface area (Å²) in [6, 6.07) is 18.1. The fraction of sp³-hybridized carbons (Fsp3) is 0.520. The minimum absolute atomic E-state index is 0.0566. The number of fused-ring (bicyclic) bond motifs is 3. The predicted octanol–water partition coefficient (Wildman–Crippen LogP) is 2.94. The maximum atomic E-state index is 13.8. The Morgan fingerprint density at radius 2 is 1.66 bits per heavy atom. The van der Waals surface area contributed by atoms with Crippen molar-refractivity contribution in [1.29, 1.82) is 0 Å². The minimum Gasteiger partial charge on any atom is -0.391 e. The summed E-state index contributed by atoms with van der Waals surface area (Å²) in [6.45, 7) is 6.87. The van der Waals surface area contributed by atoms with Gasteiger partial charge in [0, 0.05) is 30.1 Å². The van der Waals surface area contributed by atoms with Crippen molar-refractivity contribution in [3.8, 4) is 0 Å². The molecule has 0 unspecified atom stereocenters. The number of para-hydroxylation sites is 1. The summed E-state index contributed by atoms with van der Waals surface area (Å²) in [6.07, 6.45) is 6.92. The SMILES string of the molecule is CC(C)(C)NC(=O)[C@@H]1C[C@@H]2CCCC[C@@H]2CN1C[C@@H](O)[C@H](Cc1ccccc1)NC(=O)[C@H](CC(N)=O)NC(=O)c1ccc2ccccc2n1.Nc1nc(NC2CC2)c2ncn([C@H]3CO[C@@H](CO)O3)c2n1. The van der Waals surface area contributed by atoms with Gasteiger partial charge in [-0.2, -0.15) is 9.97 Å². The Labute approximate surface area is 406 Å². The van der Waals surface area contributed by atoms with Crippen molar-refractivity contribution in [3.05, 3.63) is 84.3 Å². The molecule has 20 nitrogen and oxygen atoms in total. The summed E-state index contributed by atoms with van der Waals surface area (Å²) in [5, 5.41) is 33.8. The number of nitrogens with two attached hydrogens (primary N) is 2. The summed E-state index contributed by atoms with van der Waals surface area (Å²) >= 11 is 0. The number of aliphatic hydroxyl groups excluding tert-OH is 2. The fourth-order valence-electron chi connectivity index (χ4n) is 9.62. The molecule has 70 heavy (non-hydrogen) atoms. The van der Waals surface area contributed by atoms with Crippen LogP contribution >= 0.6 is 0 Å². The van der Waals surface area contributed by atoms with E-state index in [0.717, 1.165) is 49.5 Å². The van der Waals surface area contributed by atoms with Crippen molar-refractivity contribution in [2.75, 3.05) is 37.4 Å². The van der Waals surface area contributed by atoms with Crippen LogP contribution in [-0.4, -0.2) is 132 Å². The number of piperidine rings is 1. The molecule has 4 aliphatic rings. The van der Waals surface area contributed by atoms with E-state index in [4.69, 9.17) is 26.0 Å². The number of nitrogen functional groups attached to an aromatic ring is 1. The lowest BCUT2D eigenvalue weighted by Gasteiger charge is -2.47. The number of benzene rings is 2. The monoisotopic (exact) mass is 963 g/mol. The average Bonchev–Trinajstić information content (AvgIpc) is 3.84. The Balaban J connectivity index is 0.000000258. The molecule has 374 valence electrons. The second kappa shape index (κ2) is 22.2. The van der Waals surface area contributed by atoms with E-state index in [1.54, 1.807) is 29.1 Å². The number of β-amino-alcohol motifs (C(OH)–C–C–N with tert-alkyl or cyclic N) is 1. The van der Waals surface area contributed by atoms with Crippen molar-refractivity contribution < 1.29 is 38.9 Å². The van der Waals surface area contributed by atoms with E-state index in [9.17, 15) is 24.3 Å². The molecule has 4 fully saturated rings. The van der Waals surface area contributed by atoms with Gasteiger partial charge in [-0.3, -0.25) is 28.6 Å². The van der Waals surface area contributed by atoms with Crippen LogP contribution in [-0.2, 0) is 30.3 Å². The number of rotatable bonds is 16. The summed E-state index contributed by atoms with van der Waals surface area (Å²) in [5.74, 6) is -0.361. The third-order valence-corrected chi connectivity index (χ3v) is 13.2. The quantitative estimate of drug-likeness (QED) is 0.0706. The number of primary amides is 1. The second-order valence-electron chi connectivity index (χ2n) is 19.9. The maximum Gasteiger partial charge on any atom is 0.270 e. The van der Waals surface area contributed by atoms with Crippen molar-refractivity contribution in [2.45, 2.75) is 127 Å². The Morgan fingerprint density at radius 1 is 0.914 bits per heavy atom. The number of pyridine rings is 1. The Hall–Kier alpha value is -6.32. The van der Waals surface area contributed by atoms with Crippen LogP contribution in [0.4, 0.5) is 11.8 Å². The largest absolute Gasteiger partial charge is 0.391 e. The minimum atomic E-state index is -1.30. The van der Waals surface area contributed by atoms with Crippen LogP contribution < -0.4 is 32.7 Å². The van der Waals surface area contributed by atoms with Crippen molar-refractivity contribution in [2.24, 2.45) is 17.6 Å². The lowest BCUT2D eigenvalue weighted by molar-refractivity contribution is -0.133. The van der Waals surface area contributed by atoms with Gasteiger partial charge in [0.2, 0.25) is 23.7 Å². The molecule has 2 aliphatic heterocycles. The zero-order chi connectivity index (χ0) is 49.5. The number of carbonyl (C=O) groups is 4. The van der Waals surface area contributed by atoms with Gasteiger partial charge in [0.05, 0.1) is 49.7 Å². The van der Waals surface area contributed by atoms with Crippen LogP contribution in [0.15, 0.2) is 73.1 Å². The first-order valence-corrected chi connectivity index (χ1v) is 24.3. The first-order chi connectivity index (χ1) is 33.6. The number of carbonyl (C=O) groups excluding carboxylic acids is 4. The number of ether oxygens (including phenoxy) is 2. The van der Waals surface area contributed by atoms with E-state index in [0.29, 0.717) is 53.5 Å². The van der Waals surface area contributed by atoms with Gasteiger partial charge in [-0.25, -0.2) is 9.97 Å². The highest BCUT2D eigenvalue weighted by Gasteiger charge is 2.42. The van der Waals surface area contributed by atoms with E-state index in [1.807, 2.05) is 69.3 Å². The van der Waals surface area contributed by atoms with Crippen LogP contribution in [0, 0.1) is 11.8 Å². The van der Waals surface area contributed by atoms with E-state index >= 15 is 0 Å². The first-order valence-electron chi connectivity index (χ1n) is 24.3. The molecule has 20 heteroatoms. The number of hydrogen-bond acceptors (Lipinski definition) is 15. The highest BCUT2D eigenvalue weighted by Crippen LogP contribution is 2.39. The van der Waals surface area contributed by atoms with Gasteiger partial charge in [0.25, 0.3) is 5.91 Å². The number of nitrogens with zero attached hydrogens (tertiary/aromatic N) is 6. The number of nitrogens with one attached hydrogen (secondary N) is 4. The number of hydrogen-bond donors (Lipinski definition) is 8. The topological polar surface area (TPSA) is 287 Å². The molecular formula is C50H66N12O8. The van der Waals surface area contributed by atoms with Gasteiger partial charge in [0.1, 0.15) is 11.7 Å². The van der Waals surface area contributed by atoms with Crippen molar-refractivity contribution >= 4 is 57.5 Å². The number of aliphatic hydroxyl groups is 2. The number of amides is 4. The van der Waals surface area contributed by atoms with Gasteiger partial charge < -0.3 is 52.4 Å². The van der Waals surface area contributed by atoms with Gasteiger partial charge in [0.15, 0.2) is 29.5 Å². The molecule has 5 aromatic rings. The number of anilines is 2. The molecule has 2 aromatic carbocycles. The smallest absolute Gasteiger partial charge is 0.270 e. The molecule has 0 bridgehead atoms. The molecule has 3 aromatic heterocycles. The molecule has 4 amide bonds. The molecule has 5 heterocycles. The molecule has 10 N–H and O–H groups in total. The zero-order valence-electron chi connectivity index (χ0n) is 40.0. The average molecular weight is 963 g/mol. The van der Waals surface area contributed by atoms with Crippen molar-refractivity contribution in [1.82, 2.24) is 45.4 Å². The molecule has 2 saturated heterocycles. The first kappa shape index (κ1) is 50.1. The highest BCUT2D eigenvalue weighted by atomic mass is 16.7. The fourth-order valence-corrected chi connectivity index (χ4v) is 9.62. The Kier molecular flexibility index (Phi) is 15.9. The summed E-state index contributed by atoms with van der Waals surface area (Å²) < 4.78 is 12.6. The maximum absolute atomic E-state index is 13.8. The lowest BCUT2D eigenvalue weighted by Crippen LogP contribution is -2.61. The van der Waals surface area contributed by atoms with E-state index in [1.165, 1.54) is 6.42 Å². The Morgan fingerprint density at radius 3 is 2.37 bits per heavy atom. The lowest BCUT2D eigenvalue weighted by atomic mass is 9.72. The van der Waals surface area contributed by atoms with Gasteiger partial charge in [-0.05, 0) is 82.4 Å². The standard InChI is InChI=1S/C38H50N6O5.C12H16N6O3/c1-38(2,3)43-37(49)32-20-26-14-7-8-15-27(26)22-44(32)23-33(45)30(19-24-11-5-4-6-12-24)41-36(48)31(21-34(39)46)42-35(47)29-18-17-25-13-9-10-16-28(25)40-29;13-12-16-10(15-6-1-2-6)9-11(17-12)18(5-14-9)7-4-20-8(3-19)21-7/h4-6,9-13,16-18,26-27,30-33,45H,7-8,14-15,19-23H2,1-3H3,(H2,39,46)(H,41,48)(H,42,47)(H,43,49);5-8,19H,1-4H2,(H3,13,15,16,17)/t26-,27+,30-,31-,32-,33+;7-,8-/m01/s1. The normalized spacial score (nSPS) is 22.7.